The zero-order valence-electron chi connectivity index (χ0n) is 10.3. The lowest BCUT2D eigenvalue weighted by Gasteiger charge is -2.23. The molecule has 0 radical (unpaired) electrons. The molecule has 0 amide bonds. The normalized spacial score (nSPS) is 11.0. The Bertz CT molecular complexity index is 424. The Morgan fingerprint density at radius 2 is 1.88 bits per heavy atom. The van der Waals surface area contributed by atoms with Crippen LogP contribution in [0.2, 0.25) is 0 Å². The van der Waals surface area contributed by atoms with Crippen LogP contribution in [0.1, 0.15) is 29.8 Å². The standard InChI is InChI=1S/C13H17NO2S/c1-13(2,12(14)17)8-9-4-6-10(7-5-9)11(15)16-3/h4-7H,8H2,1-3H3,(H2,14,17). The summed E-state index contributed by atoms with van der Waals surface area (Å²) in [7, 11) is 1.37. The average Bonchev–Trinajstić information content (AvgIpc) is 2.28. The lowest BCUT2D eigenvalue weighted by atomic mass is 9.85. The number of carbonyl (C=O) groups is 1. The number of ether oxygens (including phenoxy) is 1. The number of carbonyl (C=O) groups excluding carboxylic acids is 1. The molecule has 92 valence electrons. The highest BCUT2D eigenvalue weighted by Crippen LogP contribution is 2.22. The first-order valence-corrected chi connectivity index (χ1v) is 5.75. The molecule has 0 bridgehead atoms. The number of methoxy groups -OCH3 is 1. The Morgan fingerprint density at radius 1 is 1.35 bits per heavy atom. The van der Waals surface area contributed by atoms with Gasteiger partial charge in [0.05, 0.1) is 17.7 Å². The van der Waals surface area contributed by atoms with Gasteiger partial charge in [0.1, 0.15) is 0 Å². The topological polar surface area (TPSA) is 52.3 Å². The molecule has 0 unspecified atom stereocenters. The van der Waals surface area contributed by atoms with Gasteiger partial charge in [-0.05, 0) is 24.1 Å². The first-order chi connectivity index (χ1) is 7.86. The van der Waals surface area contributed by atoms with Crippen LogP contribution in [0.25, 0.3) is 0 Å². The van der Waals surface area contributed by atoms with Gasteiger partial charge in [-0.25, -0.2) is 4.79 Å². The molecule has 17 heavy (non-hydrogen) atoms. The summed E-state index contributed by atoms with van der Waals surface area (Å²) in [5.41, 5.74) is 7.09. The van der Waals surface area contributed by atoms with Crippen molar-refractivity contribution in [2.24, 2.45) is 11.1 Å². The third-order valence-corrected chi connectivity index (χ3v) is 3.24. The molecule has 0 aliphatic rings. The third kappa shape index (κ3) is 3.53. The van der Waals surface area contributed by atoms with E-state index in [2.05, 4.69) is 4.74 Å². The van der Waals surface area contributed by atoms with Gasteiger partial charge in [0.15, 0.2) is 0 Å². The first kappa shape index (κ1) is 13.6. The zero-order chi connectivity index (χ0) is 13.1. The molecule has 0 aliphatic heterocycles. The molecule has 0 saturated heterocycles. The summed E-state index contributed by atoms with van der Waals surface area (Å²) in [6.07, 6.45) is 0.754. The predicted octanol–water partition coefficient (Wildman–Crippen LogP) is 2.33. The van der Waals surface area contributed by atoms with Gasteiger partial charge in [-0.1, -0.05) is 38.2 Å². The van der Waals surface area contributed by atoms with Crippen LogP contribution >= 0.6 is 12.2 Å². The monoisotopic (exact) mass is 251 g/mol. The van der Waals surface area contributed by atoms with Crippen molar-refractivity contribution in [3.05, 3.63) is 35.4 Å². The van der Waals surface area contributed by atoms with Gasteiger partial charge in [0.2, 0.25) is 0 Å². The Hall–Kier alpha value is -1.42. The SMILES string of the molecule is COC(=O)c1ccc(CC(C)(C)C(N)=S)cc1. The highest BCUT2D eigenvalue weighted by molar-refractivity contribution is 7.80. The molecule has 1 rings (SSSR count). The maximum atomic E-state index is 11.3. The largest absolute Gasteiger partial charge is 0.465 e. The van der Waals surface area contributed by atoms with Crippen LogP contribution in [0.5, 0.6) is 0 Å². The number of rotatable bonds is 4. The van der Waals surface area contributed by atoms with Crippen LogP contribution in [-0.2, 0) is 11.2 Å². The summed E-state index contributed by atoms with van der Waals surface area (Å²) in [6, 6.07) is 7.28. The molecule has 0 fully saturated rings. The fourth-order valence-electron chi connectivity index (χ4n) is 1.47. The maximum absolute atomic E-state index is 11.3. The minimum absolute atomic E-state index is 0.220. The molecule has 0 spiro atoms. The molecular formula is C13H17NO2S. The van der Waals surface area contributed by atoms with Crippen LogP contribution in [0.4, 0.5) is 0 Å². The first-order valence-electron chi connectivity index (χ1n) is 5.34. The van der Waals surface area contributed by atoms with Gasteiger partial charge in [-0.3, -0.25) is 0 Å². The lowest BCUT2D eigenvalue weighted by molar-refractivity contribution is 0.0600. The van der Waals surface area contributed by atoms with E-state index in [1.807, 2.05) is 26.0 Å². The second-order valence-electron chi connectivity index (χ2n) is 4.61. The van der Waals surface area contributed by atoms with E-state index in [9.17, 15) is 4.79 Å². The molecule has 0 saturated carbocycles. The van der Waals surface area contributed by atoms with Gasteiger partial charge < -0.3 is 10.5 Å². The molecule has 0 aliphatic carbocycles. The van der Waals surface area contributed by atoms with E-state index in [-0.39, 0.29) is 11.4 Å². The highest BCUT2D eigenvalue weighted by atomic mass is 32.1. The van der Waals surface area contributed by atoms with Gasteiger partial charge in [-0.15, -0.1) is 0 Å². The van der Waals surface area contributed by atoms with Crippen molar-refractivity contribution in [1.82, 2.24) is 0 Å². The fourth-order valence-corrected chi connectivity index (χ4v) is 1.55. The van der Waals surface area contributed by atoms with E-state index in [1.165, 1.54) is 7.11 Å². The number of esters is 1. The number of hydrogen-bond acceptors (Lipinski definition) is 3. The van der Waals surface area contributed by atoms with E-state index in [1.54, 1.807) is 12.1 Å². The summed E-state index contributed by atoms with van der Waals surface area (Å²) in [5.74, 6) is -0.329. The Labute approximate surface area is 107 Å². The van der Waals surface area contributed by atoms with Crippen molar-refractivity contribution in [2.75, 3.05) is 7.11 Å². The molecule has 1 aromatic rings. The Kier molecular flexibility index (Phi) is 4.23. The van der Waals surface area contributed by atoms with E-state index in [0.717, 1.165) is 12.0 Å². The second-order valence-corrected chi connectivity index (χ2v) is 5.05. The Balaban J connectivity index is 2.82. The van der Waals surface area contributed by atoms with Gasteiger partial charge in [0.25, 0.3) is 0 Å². The van der Waals surface area contributed by atoms with Crippen LogP contribution in [0, 0.1) is 5.41 Å². The summed E-state index contributed by atoms with van der Waals surface area (Å²) >= 11 is 5.02. The minimum Gasteiger partial charge on any atom is -0.465 e. The van der Waals surface area contributed by atoms with E-state index >= 15 is 0 Å². The van der Waals surface area contributed by atoms with Crippen LogP contribution in [-0.4, -0.2) is 18.1 Å². The summed E-state index contributed by atoms with van der Waals surface area (Å²) in [6.45, 7) is 4.01. The summed E-state index contributed by atoms with van der Waals surface area (Å²) in [4.78, 5) is 11.8. The molecule has 1 aromatic carbocycles. The lowest BCUT2D eigenvalue weighted by Crippen LogP contribution is -2.31. The molecule has 0 atom stereocenters. The van der Waals surface area contributed by atoms with Crippen molar-refractivity contribution < 1.29 is 9.53 Å². The number of benzene rings is 1. The van der Waals surface area contributed by atoms with Gasteiger partial charge in [0, 0.05) is 5.41 Å². The number of hydrogen-bond donors (Lipinski definition) is 1. The fraction of sp³-hybridized carbons (Fsp3) is 0.385. The maximum Gasteiger partial charge on any atom is 0.337 e. The van der Waals surface area contributed by atoms with E-state index in [0.29, 0.717) is 10.6 Å². The molecular weight excluding hydrogens is 234 g/mol. The molecule has 0 heterocycles. The highest BCUT2D eigenvalue weighted by Gasteiger charge is 2.21. The second kappa shape index (κ2) is 5.27. The number of nitrogens with two attached hydrogens (primary N) is 1. The molecule has 2 N–H and O–H groups in total. The van der Waals surface area contributed by atoms with Gasteiger partial charge >= 0.3 is 5.97 Å². The predicted molar refractivity (Wildman–Crippen MR) is 72.1 cm³/mol. The van der Waals surface area contributed by atoms with Crippen molar-refractivity contribution in [1.29, 1.82) is 0 Å². The van der Waals surface area contributed by atoms with E-state index in [4.69, 9.17) is 18.0 Å². The van der Waals surface area contributed by atoms with Gasteiger partial charge in [-0.2, -0.15) is 0 Å². The minimum atomic E-state index is -0.329. The summed E-state index contributed by atoms with van der Waals surface area (Å²) < 4.78 is 4.64. The molecule has 0 aromatic heterocycles. The van der Waals surface area contributed by atoms with Crippen LogP contribution in [0.15, 0.2) is 24.3 Å². The van der Waals surface area contributed by atoms with Crippen molar-refractivity contribution >= 4 is 23.2 Å². The molecule has 3 nitrogen and oxygen atoms in total. The molecule has 4 heteroatoms. The van der Waals surface area contributed by atoms with Crippen molar-refractivity contribution in [3.63, 3.8) is 0 Å². The van der Waals surface area contributed by atoms with Crippen molar-refractivity contribution in [2.45, 2.75) is 20.3 Å². The van der Waals surface area contributed by atoms with E-state index < -0.39 is 0 Å². The zero-order valence-corrected chi connectivity index (χ0v) is 11.1. The van der Waals surface area contributed by atoms with Crippen LogP contribution in [0.3, 0.4) is 0 Å². The Morgan fingerprint density at radius 3 is 2.29 bits per heavy atom. The number of thiocarbonyl (C=S) groups is 1. The third-order valence-electron chi connectivity index (χ3n) is 2.69. The average molecular weight is 251 g/mol. The summed E-state index contributed by atoms with van der Waals surface area (Å²) in [5, 5.41) is 0. The quantitative estimate of drug-likeness (QED) is 0.659. The van der Waals surface area contributed by atoms with Crippen molar-refractivity contribution in [3.8, 4) is 0 Å². The van der Waals surface area contributed by atoms with Crippen LogP contribution < -0.4 is 5.73 Å². The smallest absolute Gasteiger partial charge is 0.337 e.